The van der Waals surface area contributed by atoms with Crippen LogP contribution >= 0.6 is 11.3 Å². The predicted molar refractivity (Wildman–Crippen MR) is 68.9 cm³/mol. The first-order valence-electron chi connectivity index (χ1n) is 5.20. The molecule has 4 nitrogen and oxygen atoms in total. The van der Waals surface area contributed by atoms with Crippen molar-refractivity contribution in [3.63, 3.8) is 0 Å². The lowest BCUT2D eigenvalue weighted by molar-refractivity contribution is 0.0946. The molecule has 0 saturated heterocycles. The summed E-state index contributed by atoms with van der Waals surface area (Å²) in [4.78, 5) is 15.6. The quantitative estimate of drug-likeness (QED) is 0.871. The fourth-order valence-electron chi connectivity index (χ4n) is 1.47. The van der Waals surface area contributed by atoms with E-state index < -0.39 is 0 Å². The summed E-state index contributed by atoms with van der Waals surface area (Å²) in [7, 11) is 0. The fraction of sp³-hybridized carbons (Fsp3) is 0.167. The van der Waals surface area contributed by atoms with Gasteiger partial charge in [0.25, 0.3) is 5.91 Å². The van der Waals surface area contributed by atoms with E-state index in [0.717, 1.165) is 11.1 Å². The van der Waals surface area contributed by atoms with E-state index in [1.807, 2.05) is 31.2 Å². The Bertz CT molecular complexity index is 536. The molecule has 0 fully saturated rings. The van der Waals surface area contributed by atoms with Gasteiger partial charge in [-0.1, -0.05) is 24.3 Å². The number of rotatable bonds is 3. The van der Waals surface area contributed by atoms with E-state index in [1.54, 1.807) is 5.38 Å². The molecule has 1 aromatic heterocycles. The van der Waals surface area contributed by atoms with Gasteiger partial charge in [-0.2, -0.15) is 0 Å². The van der Waals surface area contributed by atoms with E-state index in [2.05, 4.69) is 10.3 Å². The first kappa shape index (κ1) is 11.6. The first-order valence-corrected chi connectivity index (χ1v) is 6.08. The van der Waals surface area contributed by atoms with Crippen LogP contribution in [-0.2, 0) is 6.54 Å². The number of nitrogen functional groups attached to an aromatic ring is 1. The van der Waals surface area contributed by atoms with Crippen molar-refractivity contribution in [2.75, 3.05) is 5.73 Å². The highest BCUT2D eigenvalue weighted by molar-refractivity contribution is 7.13. The highest BCUT2D eigenvalue weighted by Crippen LogP contribution is 2.11. The van der Waals surface area contributed by atoms with E-state index in [-0.39, 0.29) is 5.91 Å². The van der Waals surface area contributed by atoms with Crippen molar-refractivity contribution in [1.82, 2.24) is 10.3 Å². The van der Waals surface area contributed by atoms with Crippen LogP contribution in [-0.4, -0.2) is 10.9 Å². The fourth-order valence-corrected chi connectivity index (χ4v) is 2.01. The lowest BCUT2D eigenvalue weighted by Crippen LogP contribution is -2.23. The van der Waals surface area contributed by atoms with E-state index in [9.17, 15) is 4.79 Å². The maximum atomic E-state index is 11.7. The Morgan fingerprint density at radius 2 is 2.24 bits per heavy atom. The van der Waals surface area contributed by atoms with E-state index >= 15 is 0 Å². The number of benzene rings is 1. The number of nitrogens with two attached hydrogens (primary N) is 1. The molecule has 5 heteroatoms. The number of nitrogens with zero attached hydrogens (tertiary/aromatic N) is 1. The second-order valence-corrected chi connectivity index (χ2v) is 4.57. The Morgan fingerprint density at radius 3 is 2.88 bits per heavy atom. The third-order valence-corrected chi connectivity index (χ3v) is 3.13. The van der Waals surface area contributed by atoms with Crippen molar-refractivity contribution in [1.29, 1.82) is 0 Å². The number of carbonyl (C=O) groups is 1. The average molecular weight is 247 g/mol. The Morgan fingerprint density at radius 1 is 1.47 bits per heavy atom. The summed E-state index contributed by atoms with van der Waals surface area (Å²) in [6, 6.07) is 7.93. The number of nitrogens with one attached hydrogen (secondary N) is 1. The molecule has 0 saturated carbocycles. The maximum absolute atomic E-state index is 11.7. The highest BCUT2D eigenvalue weighted by atomic mass is 32.1. The molecule has 3 N–H and O–H groups in total. The Hall–Kier alpha value is -1.88. The topological polar surface area (TPSA) is 68.0 Å². The van der Waals surface area contributed by atoms with Crippen LogP contribution in [0.4, 0.5) is 5.13 Å². The van der Waals surface area contributed by atoms with Crippen molar-refractivity contribution in [3.05, 3.63) is 46.5 Å². The molecule has 0 bridgehead atoms. The summed E-state index contributed by atoms with van der Waals surface area (Å²) in [5.41, 5.74) is 8.11. The van der Waals surface area contributed by atoms with Crippen LogP contribution in [0.15, 0.2) is 29.6 Å². The van der Waals surface area contributed by atoms with Crippen LogP contribution in [0.3, 0.4) is 0 Å². The van der Waals surface area contributed by atoms with Gasteiger partial charge in [0, 0.05) is 11.9 Å². The molecule has 88 valence electrons. The SMILES string of the molecule is Cc1ccccc1CNC(=O)c1csc(N)n1. The van der Waals surface area contributed by atoms with Gasteiger partial charge in [0.15, 0.2) is 5.13 Å². The molecule has 1 heterocycles. The smallest absolute Gasteiger partial charge is 0.271 e. The van der Waals surface area contributed by atoms with Gasteiger partial charge in [0.05, 0.1) is 0 Å². The summed E-state index contributed by atoms with van der Waals surface area (Å²) in [6.07, 6.45) is 0. The van der Waals surface area contributed by atoms with Crippen LogP contribution < -0.4 is 11.1 Å². The summed E-state index contributed by atoms with van der Waals surface area (Å²) in [5.74, 6) is -0.193. The number of thiazole rings is 1. The molecule has 1 aromatic carbocycles. The van der Waals surface area contributed by atoms with Crippen molar-refractivity contribution in [2.24, 2.45) is 0 Å². The molecular weight excluding hydrogens is 234 g/mol. The summed E-state index contributed by atoms with van der Waals surface area (Å²) in [5, 5.41) is 4.88. The minimum absolute atomic E-state index is 0.193. The normalized spacial score (nSPS) is 10.2. The van der Waals surface area contributed by atoms with E-state index in [0.29, 0.717) is 17.4 Å². The Labute approximate surface area is 103 Å². The molecule has 2 aromatic rings. The van der Waals surface area contributed by atoms with Crippen LogP contribution in [0.25, 0.3) is 0 Å². The molecule has 17 heavy (non-hydrogen) atoms. The number of carbonyl (C=O) groups excluding carboxylic acids is 1. The molecule has 0 aliphatic heterocycles. The average Bonchev–Trinajstić information content (AvgIpc) is 2.74. The van der Waals surface area contributed by atoms with Gasteiger partial charge >= 0.3 is 0 Å². The number of hydrogen-bond acceptors (Lipinski definition) is 4. The van der Waals surface area contributed by atoms with Gasteiger partial charge < -0.3 is 11.1 Å². The lowest BCUT2D eigenvalue weighted by atomic mass is 10.1. The van der Waals surface area contributed by atoms with Gasteiger partial charge in [-0.3, -0.25) is 4.79 Å². The monoisotopic (exact) mass is 247 g/mol. The van der Waals surface area contributed by atoms with Gasteiger partial charge in [-0.25, -0.2) is 4.98 Å². The van der Waals surface area contributed by atoms with Crippen LogP contribution in [0.1, 0.15) is 21.6 Å². The molecule has 0 spiro atoms. The Balaban J connectivity index is 1.99. The second kappa shape index (κ2) is 4.97. The molecular formula is C12H13N3OS. The zero-order chi connectivity index (χ0) is 12.3. The summed E-state index contributed by atoms with van der Waals surface area (Å²) < 4.78 is 0. The third kappa shape index (κ3) is 2.82. The minimum Gasteiger partial charge on any atom is -0.375 e. The summed E-state index contributed by atoms with van der Waals surface area (Å²) >= 11 is 1.26. The Kier molecular flexibility index (Phi) is 3.39. The van der Waals surface area contributed by atoms with Gasteiger partial charge in [0.1, 0.15) is 5.69 Å². The zero-order valence-electron chi connectivity index (χ0n) is 9.43. The number of anilines is 1. The second-order valence-electron chi connectivity index (χ2n) is 3.68. The number of hydrogen-bond donors (Lipinski definition) is 2. The van der Waals surface area contributed by atoms with Crippen LogP contribution in [0, 0.1) is 6.92 Å². The number of aryl methyl sites for hydroxylation is 1. The minimum atomic E-state index is -0.193. The molecule has 0 aliphatic rings. The molecule has 0 atom stereocenters. The van der Waals surface area contributed by atoms with Gasteiger partial charge in [-0.15, -0.1) is 11.3 Å². The van der Waals surface area contributed by atoms with Crippen molar-refractivity contribution >= 4 is 22.4 Å². The predicted octanol–water partition coefficient (Wildman–Crippen LogP) is 1.96. The molecule has 0 aliphatic carbocycles. The van der Waals surface area contributed by atoms with Crippen molar-refractivity contribution < 1.29 is 4.79 Å². The van der Waals surface area contributed by atoms with E-state index in [4.69, 9.17) is 5.73 Å². The standard InChI is InChI=1S/C12H13N3OS/c1-8-4-2-3-5-9(8)6-14-11(16)10-7-17-12(13)15-10/h2-5,7H,6H2,1H3,(H2,13,15)(H,14,16). The molecule has 0 unspecified atom stereocenters. The highest BCUT2D eigenvalue weighted by Gasteiger charge is 2.09. The molecule has 2 rings (SSSR count). The van der Waals surface area contributed by atoms with Crippen LogP contribution in [0.5, 0.6) is 0 Å². The zero-order valence-corrected chi connectivity index (χ0v) is 10.3. The van der Waals surface area contributed by atoms with Gasteiger partial charge in [-0.05, 0) is 18.1 Å². The molecule has 0 radical (unpaired) electrons. The van der Waals surface area contributed by atoms with Crippen LogP contribution in [0.2, 0.25) is 0 Å². The largest absolute Gasteiger partial charge is 0.375 e. The third-order valence-electron chi connectivity index (χ3n) is 2.46. The van der Waals surface area contributed by atoms with Gasteiger partial charge in [0.2, 0.25) is 0 Å². The lowest BCUT2D eigenvalue weighted by Gasteiger charge is -2.06. The molecule has 1 amide bonds. The number of amides is 1. The van der Waals surface area contributed by atoms with Crippen molar-refractivity contribution in [3.8, 4) is 0 Å². The van der Waals surface area contributed by atoms with E-state index in [1.165, 1.54) is 11.3 Å². The first-order chi connectivity index (χ1) is 8.16. The van der Waals surface area contributed by atoms with Crippen molar-refractivity contribution in [2.45, 2.75) is 13.5 Å². The maximum Gasteiger partial charge on any atom is 0.271 e. The number of aromatic nitrogens is 1. The summed E-state index contributed by atoms with van der Waals surface area (Å²) in [6.45, 7) is 2.52.